The van der Waals surface area contributed by atoms with Crippen LogP contribution in [0.1, 0.15) is 32.1 Å². The second-order valence-electron chi connectivity index (χ2n) is 4.21. The molecule has 6 heteroatoms. The molecule has 0 aromatic heterocycles. The van der Waals surface area contributed by atoms with Gasteiger partial charge in [-0.25, -0.2) is 0 Å². The fraction of sp³-hybridized carbons (Fsp3) is 0.909. The summed E-state index contributed by atoms with van der Waals surface area (Å²) >= 11 is 4.01. The van der Waals surface area contributed by atoms with Crippen molar-refractivity contribution in [2.45, 2.75) is 43.4 Å². The second kappa shape index (κ2) is 9.42. The molecule has 0 spiro atoms. The molecule has 1 aliphatic heterocycles. The molecule has 1 rings (SSSR count). The van der Waals surface area contributed by atoms with E-state index in [0.717, 1.165) is 18.2 Å². The molecule has 0 radical (unpaired) electrons. The Kier molecular flexibility index (Phi) is 8.61. The van der Waals surface area contributed by atoms with Crippen LogP contribution in [0.2, 0.25) is 0 Å². The van der Waals surface area contributed by atoms with Crippen molar-refractivity contribution in [2.24, 2.45) is 0 Å². The summed E-state index contributed by atoms with van der Waals surface area (Å²) in [6.45, 7) is 0.782. The normalized spacial score (nSPS) is 21.6. The number of carbonyl (C=O) groups is 1. The van der Waals surface area contributed by atoms with Crippen LogP contribution in [0, 0.1) is 0 Å². The van der Waals surface area contributed by atoms with Crippen molar-refractivity contribution < 1.29 is 9.90 Å². The maximum Gasteiger partial charge on any atom is 0.321 e. The lowest BCUT2D eigenvalue weighted by molar-refractivity contribution is -0.138. The molecule has 0 amide bonds. The van der Waals surface area contributed by atoms with E-state index in [0.29, 0.717) is 5.75 Å². The number of carboxylic acids is 1. The molecule has 2 atom stereocenters. The van der Waals surface area contributed by atoms with E-state index in [-0.39, 0.29) is 0 Å². The van der Waals surface area contributed by atoms with Gasteiger partial charge in [0.2, 0.25) is 0 Å². The summed E-state index contributed by atoms with van der Waals surface area (Å²) in [5.41, 5.74) is 0. The van der Waals surface area contributed by atoms with E-state index in [1.165, 1.54) is 31.4 Å². The molecule has 0 saturated carbocycles. The van der Waals surface area contributed by atoms with Crippen LogP contribution in [0.5, 0.6) is 0 Å². The summed E-state index contributed by atoms with van der Waals surface area (Å²) < 4.78 is 0. The number of thiol groups is 1. The number of unbranched alkanes of at least 4 members (excludes halogenated alkanes) is 2. The van der Waals surface area contributed by atoms with E-state index in [2.05, 4.69) is 17.9 Å². The van der Waals surface area contributed by atoms with Crippen LogP contribution in [-0.4, -0.2) is 40.4 Å². The van der Waals surface area contributed by atoms with E-state index in [1.807, 2.05) is 21.6 Å². The van der Waals surface area contributed by atoms with Gasteiger partial charge in [0, 0.05) is 16.8 Å². The largest absolute Gasteiger partial charge is 0.480 e. The molecule has 17 heavy (non-hydrogen) atoms. The van der Waals surface area contributed by atoms with Crippen molar-refractivity contribution in [1.82, 2.24) is 5.32 Å². The fourth-order valence-corrected chi connectivity index (χ4v) is 5.06. The third kappa shape index (κ3) is 6.84. The lowest BCUT2D eigenvalue weighted by atomic mass is 10.1. The Balaban J connectivity index is 1.91. The van der Waals surface area contributed by atoms with Crippen LogP contribution in [0.25, 0.3) is 0 Å². The number of aliphatic carboxylic acids is 1. The average Bonchev–Trinajstić information content (AvgIpc) is 2.80. The minimum Gasteiger partial charge on any atom is -0.480 e. The van der Waals surface area contributed by atoms with Gasteiger partial charge in [0.15, 0.2) is 0 Å². The SMILES string of the molecule is O=C(O)[C@H](CS)NCCCCCC1CCSS1. The zero-order valence-electron chi connectivity index (χ0n) is 9.93. The highest BCUT2D eigenvalue weighted by atomic mass is 33.1. The number of hydrogen-bond donors (Lipinski definition) is 3. The van der Waals surface area contributed by atoms with E-state index in [1.54, 1.807) is 0 Å². The topological polar surface area (TPSA) is 49.3 Å². The first-order valence-electron chi connectivity index (χ1n) is 6.09. The van der Waals surface area contributed by atoms with E-state index in [9.17, 15) is 4.79 Å². The van der Waals surface area contributed by atoms with Crippen molar-refractivity contribution in [3.63, 3.8) is 0 Å². The van der Waals surface area contributed by atoms with Gasteiger partial charge in [-0.15, -0.1) is 0 Å². The summed E-state index contributed by atoms with van der Waals surface area (Å²) in [6.07, 6.45) is 6.18. The molecular formula is C11H21NO2S3. The van der Waals surface area contributed by atoms with Crippen LogP contribution in [0.4, 0.5) is 0 Å². The first-order valence-corrected chi connectivity index (χ1v) is 9.11. The highest BCUT2D eigenvalue weighted by molar-refractivity contribution is 8.77. The fourth-order valence-electron chi connectivity index (χ4n) is 1.74. The van der Waals surface area contributed by atoms with Gasteiger partial charge in [0.05, 0.1) is 0 Å². The van der Waals surface area contributed by atoms with Crippen LogP contribution in [0.15, 0.2) is 0 Å². The van der Waals surface area contributed by atoms with Gasteiger partial charge in [-0.1, -0.05) is 34.4 Å². The number of nitrogens with one attached hydrogen (secondary N) is 1. The molecule has 1 heterocycles. The monoisotopic (exact) mass is 295 g/mol. The van der Waals surface area contributed by atoms with Gasteiger partial charge in [0.25, 0.3) is 0 Å². The lowest BCUT2D eigenvalue weighted by Crippen LogP contribution is -2.38. The van der Waals surface area contributed by atoms with Gasteiger partial charge >= 0.3 is 5.97 Å². The van der Waals surface area contributed by atoms with Gasteiger partial charge < -0.3 is 10.4 Å². The quantitative estimate of drug-likeness (QED) is 0.347. The molecule has 2 N–H and O–H groups in total. The Morgan fingerprint density at radius 2 is 2.29 bits per heavy atom. The molecule has 0 aromatic carbocycles. The third-order valence-corrected chi connectivity index (χ3v) is 6.17. The lowest BCUT2D eigenvalue weighted by Gasteiger charge is -2.11. The molecule has 0 bridgehead atoms. The molecule has 3 nitrogen and oxygen atoms in total. The molecule has 0 aromatic rings. The van der Waals surface area contributed by atoms with Gasteiger partial charge in [-0.3, -0.25) is 4.79 Å². The second-order valence-corrected chi connectivity index (χ2v) is 7.36. The molecule has 1 aliphatic rings. The Bertz CT molecular complexity index is 223. The maximum atomic E-state index is 10.7. The van der Waals surface area contributed by atoms with Crippen molar-refractivity contribution in [3.8, 4) is 0 Å². The van der Waals surface area contributed by atoms with Crippen LogP contribution >= 0.6 is 34.2 Å². The van der Waals surface area contributed by atoms with Gasteiger partial charge in [-0.2, -0.15) is 12.6 Å². The predicted octanol–water partition coefficient (Wildman–Crippen LogP) is 2.67. The predicted molar refractivity (Wildman–Crippen MR) is 80.2 cm³/mol. The van der Waals surface area contributed by atoms with E-state index >= 15 is 0 Å². The Labute approximate surface area is 117 Å². The molecule has 100 valence electrons. The van der Waals surface area contributed by atoms with Crippen LogP contribution in [-0.2, 0) is 4.79 Å². The van der Waals surface area contributed by atoms with Crippen molar-refractivity contribution in [1.29, 1.82) is 0 Å². The summed E-state index contributed by atoms with van der Waals surface area (Å²) in [5, 5.41) is 12.7. The first kappa shape index (κ1) is 15.5. The Morgan fingerprint density at radius 1 is 1.47 bits per heavy atom. The third-order valence-electron chi connectivity index (χ3n) is 2.80. The number of hydrogen-bond acceptors (Lipinski definition) is 5. The molecule has 1 fully saturated rings. The highest BCUT2D eigenvalue weighted by Crippen LogP contribution is 2.39. The molecule has 1 unspecified atom stereocenters. The summed E-state index contributed by atoms with van der Waals surface area (Å²) in [6, 6.07) is -0.500. The summed E-state index contributed by atoms with van der Waals surface area (Å²) in [4.78, 5) is 10.7. The summed E-state index contributed by atoms with van der Waals surface area (Å²) in [5.74, 6) is 0.851. The molecule has 1 saturated heterocycles. The highest BCUT2D eigenvalue weighted by Gasteiger charge is 2.16. The van der Waals surface area contributed by atoms with E-state index < -0.39 is 12.0 Å². The number of rotatable bonds is 9. The van der Waals surface area contributed by atoms with Gasteiger partial charge in [0.1, 0.15) is 6.04 Å². The average molecular weight is 295 g/mol. The van der Waals surface area contributed by atoms with Crippen molar-refractivity contribution in [3.05, 3.63) is 0 Å². The van der Waals surface area contributed by atoms with E-state index in [4.69, 9.17) is 5.11 Å². The van der Waals surface area contributed by atoms with Crippen LogP contribution in [0.3, 0.4) is 0 Å². The minimum atomic E-state index is -0.806. The van der Waals surface area contributed by atoms with Gasteiger partial charge in [-0.05, 0) is 25.8 Å². The Hall–Kier alpha value is 0.480. The zero-order valence-corrected chi connectivity index (χ0v) is 12.5. The summed E-state index contributed by atoms with van der Waals surface area (Å²) in [7, 11) is 4.02. The Morgan fingerprint density at radius 3 is 2.88 bits per heavy atom. The standard InChI is InChI=1S/C11H21NO2S3/c13-11(14)10(8-15)12-6-3-1-2-4-9-5-7-16-17-9/h9-10,12,15H,1-8H2,(H,13,14)/t9?,10-/m0/s1. The molecular weight excluding hydrogens is 274 g/mol. The maximum absolute atomic E-state index is 10.7. The van der Waals surface area contributed by atoms with Crippen molar-refractivity contribution >= 4 is 40.2 Å². The van der Waals surface area contributed by atoms with Crippen molar-refractivity contribution in [2.75, 3.05) is 18.1 Å². The molecule has 0 aliphatic carbocycles. The smallest absolute Gasteiger partial charge is 0.321 e. The first-order chi connectivity index (χ1) is 8.24. The van der Waals surface area contributed by atoms with Crippen LogP contribution < -0.4 is 5.32 Å². The number of carboxylic acid groups (broad SMARTS) is 1. The minimum absolute atomic E-state index is 0.352. The zero-order chi connectivity index (χ0) is 12.5.